The zero-order valence-electron chi connectivity index (χ0n) is 27.9. The molecule has 51 heavy (non-hydrogen) atoms. The summed E-state index contributed by atoms with van der Waals surface area (Å²) in [6.45, 7) is 0.718. The molecule has 0 saturated heterocycles. The highest BCUT2D eigenvalue weighted by atomic mass is 127. The monoisotopic (exact) mass is 787 g/mol. The van der Waals surface area contributed by atoms with Crippen LogP contribution in [0.4, 0.5) is 11.4 Å². The van der Waals surface area contributed by atoms with Gasteiger partial charge >= 0.3 is 0 Å². The normalized spacial score (nSPS) is 13.1. The van der Waals surface area contributed by atoms with Crippen molar-refractivity contribution in [2.24, 2.45) is 0 Å². The van der Waals surface area contributed by atoms with Crippen LogP contribution in [0.1, 0.15) is 23.1 Å². The first-order valence-electron chi connectivity index (χ1n) is 17.3. The van der Waals surface area contributed by atoms with Gasteiger partial charge in [-0.1, -0.05) is 101 Å². The highest BCUT2D eigenvalue weighted by molar-refractivity contribution is 14.1. The van der Waals surface area contributed by atoms with Crippen LogP contribution in [0.5, 0.6) is 0 Å². The van der Waals surface area contributed by atoms with Crippen molar-refractivity contribution < 1.29 is 0 Å². The van der Waals surface area contributed by atoms with E-state index in [0.717, 1.165) is 46.8 Å². The number of aromatic nitrogens is 2. The van der Waals surface area contributed by atoms with E-state index in [1.165, 1.54) is 54.4 Å². The largest absolute Gasteiger partial charge is 0.338 e. The number of fused-ring (bicyclic) bond motifs is 5. The third kappa shape index (κ3) is 6.21. The summed E-state index contributed by atoms with van der Waals surface area (Å²) in [5.74, 6) is 0. The summed E-state index contributed by atoms with van der Waals surface area (Å²) in [4.78, 5) is 7.29. The highest BCUT2D eigenvalue weighted by Gasteiger charge is 2.15. The molecule has 1 aliphatic carbocycles. The van der Waals surface area contributed by atoms with E-state index in [9.17, 15) is 0 Å². The molecule has 0 spiro atoms. The molecule has 0 atom stereocenters. The van der Waals surface area contributed by atoms with Gasteiger partial charge in [-0.05, 0) is 128 Å². The number of allylic oxidation sites excluding steroid dienone is 3. The molecule has 0 saturated carbocycles. The molecule has 0 N–H and O–H groups in total. The van der Waals surface area contributed by atoms with Gasteiger partial charge in [0.2, 0.25) is 0 Å². The molecule has 246 valence electrons. The average molecular weight is 788 g/mol. The first-order valence-corrected chi connectivity index (χ1v) is 19.4. The predicted molar refractivity (Wildman–Crippen MR) is 227 cm³/mol. The Morgan fingerprint density at radius 1 is 0.804 bits per heavy atom. The van der Waals surface area contributed by atoms with Gasteiger partial charge in [-0.2, -0.15) is 0 Å². The molecule has 0 fully saturated rings. The lowest BCUT2D eigenvalue weighted by atomic mass is 9.87. The second-order valence-electron chi connectivity index (χ2n) is 12.9. The minimum Gasteiger partial charge on any atom is -0.338 e. The van der Waals surface area contributed by atoms with Gasteiger partial charge in [0.05, 0.1) is 10.2 Å². The fourth-order valence-corrected chi connectivity index (χ4v) is 8.73. The maximum absolute atomic E-state index is 4.91. The van der Waals surface area contributed by atoms with Crippen LogP contribution >= 0.6 is 33.9 Å². The lowest BCUT2D eigenvalue weighted by Gasteiger charge is -2.24. The summed E-state index contributed by atoms with van der Waals surface area (Å²) in [6, 6.07) is 46.1. The van der Waals surface area contributed by atoms with Gasteiger partial charge in [0.15, 0.2) is 0 Å². The first kappa shape index (κ1) is 31.7. The van der Waals surface area contributed by atoms with E-state index in [2.05, 4.69) is 200 Å². The fraction of sp³-hybridized carbons (Fsp3) is 0.0652. The van der Waals surface area contributed by atoms with Crippen LogP contribution in [0.3, 0.4) is 0 Å². The molecule has 8 aromatic rings. The maximum Gasteiger partial charge on any atom is 0.124 e. The number of pyridine rings is 1. The van der Waals surface area contributed by atoms with Crippen LogP contribution < -0.4 is 4.90 Å². The van der Waals surface area contributed by atoms with Crippen LogP contribution in [0.25, 0.3) is 59.9 Å². The fourth-order valence-electron chi connectivity index (χ4n) is 7.19. The van der Waals surface area contributed by atoms with E-state index in [-0.39, 0.29) is 0 Å². The summed E-state index contributed by atoms with van der Waals surface area (Å²) in [5.41, 5.74) is 13.4. The Kier molecular flexibility index (Phi) is 8.59. The molecule has 0 aliphatic heterocycles. The standard InChI is InChI=1S/C46H34IN3S/c47-30-35(36-28-39-12-7-8-26-49(39)31-36)11-9-27-50(38-24-20-33(21-25-38)46-48-44-16-5-6-17-45(44)51-46)37-22-18-32(19-23-37)43-29-34-10-1-2-13-40(34)41-14-3-4-15-42(41)43/h2-9,11-26,28-31H,1,10,27H2/b11-9-,35-30+. The lowest BCUT2D eigenvalue weighted by molar-refractivity contribution is 0.990. The molecule has 3 nitrogen and oxygen atoms in total. The molecular formula is C46H34IN3S. The van der Waals surface area contributed by atoms with Gasteiger partial charge in [-0.3, -0.25) is 0 Å². The van der Waals surface area contributed by atoms with Gasteiger partial charge in [0, 0.05) is 47.0 Å². The number of hydrogen-bond donors (Lipinski definition) is 0. The lowest BCUT2D eigenvalue weighted by Crippen LogP contribution is -2.16. The Morgan fingerprint density at radius 3 is 2.33 bits per heavy atom. The van der Waals surface area contributed by atoms with Crippen LogP contribution in [0, 0.1) is 0 Å². The summed E-state index contributed by atoms with van der Waals surface area (Å²) in [7, 11) is 0. The van der Waals surface area contributed by atoms with Crippen molar-refractivity contribution in [2.45, 2.75) is 12.8 Å². The summed E-state index contributed by atoms with van der Waals surface area (Å²) in [5, 5.41) is 3.68. The molecule has 3 heterocycles. The van der Waals surface area contributed by atoms with Crippen molar-refractivity contribution in [1.82, 2.24) is 9.38 Å². The number of rotatable bonds is 8. The van der Waals surface area contributed by atoms with E-state index in [1.54, 1.807) is 11.3 Å². The van der Waals surface area contributed by atoms with E-state index in [0.29, 0.717) is 0 Å². The van der Waals surface area contributed by atoms with Crippen molar-refractivity contribution in [1.29, 1.82) is 0 Å². The molecule has 1 aliphatic rings. The highest BCUT2D eigenvalue weighted by Crippen LogP contribution is 2.38. The maximum atomic E-state index is 4.91. The quantitative estimate of drug-likeness (QED) is 0.113. The van der Waals surface area contributed by atoms with Crippen molar-refractivity contribution in [3.8, 4) is 21.7 Å². The summed E-state index contributed by atoms with van der Waals surface area (Å²) >= 11 is 4.10. The zero-order chi connectivity index (χ0) is 34.1. The van der Waals surface area contributed by atoms with Crippen molar-refractivity contribution in [2.75, 3.05) is 11.4 Å². The Labute approximate surface area is 315 Å². The van der Waals surface area contributed by atoms with Crippen molar-refractivity contribution in [3.63, 3.8) is 0 Å². The van der Waals surface area contributed by atoms with Crippen molar-refractivity contribution >= 4 is 83.5 Å². The van der Waals surface area contributed by atoms with Gasteiger partial charge in [0.25, 0.3) is 0 Å². The van der Waals surface area contributed by atoms with Gasteiger partial charge in [-0.15, -0.1) is 11.3 Å². The molecule has 3 aromatic heterocycles. The minimum atomic E-state index is 0.718. The molecule has 0 unspecified atom stereocenters. The van der Waals surface area contributed by atoms with Crippen LogP contribution in [-0.2, 0) is 6.42 Å². The summed E-state index contributed by atoms with van der Waals surface area (Å²) < 4.78 is 5.54. The van der Waals surface area contributed by atoms with E-state index in [1.807, 2.05) is 0 Å². The van der Waals surface area contributed by atoms with Crippen LogP contribution in [-0.4, -0.2) is 15.9 Å². The molecular weight excluding hydrogens is 753 g/mol. The second-order valence-corrected chi connectivity index (χ2v) is 14.6. The molecule has 9 rings (SSSR count). The van der Waals surface area contributed by atoms with Crippen molar-refractivity contribution in [3.05, 3.63) is 179 Å². The number of hydrogen-bond acceptors (Lipinski definition) is 3. The van der Waals surface area contributed by atoms with Crippen LogP contribution in [0.15, 0.2) is 162 Å². The third-order valence-corrected chi connectivity index (χ3v) is 11.5. The molecule has 0 bridgehead atoms. The first-order chi connectivity index (χ1) is 25.2. The Morgan fingerprint density at radius 2 is 1.55 bits per heavy atom. The van der Waals surface area contributed by atoms with Gasteiger partial charge < -0.3 is 9.30 Å². The van der Waals surface area contributed by atoms with Gasteiger partial charge in [-0.25, -0.2) is 4.98 Å². The molecule has 5 heteroatoms. The molecule has 0 amide bonds. The Hall–Kier alpha value is -5.24. The van der Waals surface area contributed by atoms with Crippen LogP contribution in [0.2, 0.25) is 0 Å². The number of halogens is 1. The third-order valence-electron chi connectivity index (χ3n) is 9.79. The molecule has 0 radical (unpaired) electrons. The Bertz CT molecular complexity index is 2560. The topological polar surface area (TPSA) is 20.5 Å². The predicted octanol–water partition coefficient (Wildman–Crippen LogP) is 13.2. The van der Waals surface area contributed by atoms with E-state index >= 15 is 0 Å². The van der Waals surface area contributed by atoms with E-state index in [4.69, 9.17) is 4.98 Å². The number of thiazole rings is 1. The Balaban J connectivity index is 1.06. The van der Waals surface area contributed by atoms with Gasteiger partial charge in [0.1, 0.15) is 5.01 Å². The number of benzene rings is 5. The number of para-hydroxylation sites is 1. The number of nitrogens with zero attached hydrogens (tertiary/aromatic N) is 3. The number of anilines is 2. The number of aryl methyl sites for hydroxylation is 1. The average Bonchev–Trinajstić information content (AvgIpc) is 3.83. The second kappa shape index (κ2) is 13.8. The zero-order valence-corrected chi connectivity index (χ0v) is 30.9. The van der Waals surface area contributed by atoms with E-state index < -0.39 is 0 Å². The SMILES string of the molecule is I/C=C(\C=C/CN(c1ccc(-c2nc3ccccc3s2)cc1)c1ccc(-c2cc3c(c4ccccc24)C=CCC3)cc1)c1cc2ccccn2c1. The summed E-state index contributed by atoms with van der Waals surface area (Å²) in [6.07, 6.45) is 15.6. The minimum absolute atomic E-state index is 0.718. The smallest absolute Gasteiger partial charge is 0.124 e. The molecule has 5 aromatic carbocycles.